The number of hydrogen-bond donors (Lipinski definition) is 2. The maximum Gasteiger partial charge on any atom is 0.573 e. The number of anilines is 1. The Morgan fingerprint density at radius 1 is 1.29 bits per heavy atom. The summed E-state index contributed by atoms with van der Waals surface area (Å²) in [6, 6.07) is 1.30. The summed E-state index contributed by atoms with van der Waals surface area (Å²) in [5.41, 5.74) is 4.19. The summed E-state index contributed by atoms with van der Waals surface area (Å²) in [5, 5.41) is 8.84. The van der Waals surface area contributed by atoms with Gasteiger partial charge in [-0.2, -0.15) is 0 Å². The number of rotatable bonds is 1. The van der Waals surface area contributed by atoms with Crippen LogP contribution in [0.2, 0.25) is 0 Å². The van der Waals surface area contributed by atoms with Crippen LogP contribution in [0, 0.1) is 5.82 Å². The molecule has 0 spiro atoms. The lowest BCUT2D eigenvalue weighted by Gasteiger charge is -2.11. The van der Waals surface area contributed by atoms with Crippen molar-refractivity contribution < 1.29 is 27.4 Å². The lowest BCUT2D eigenvalue weighted by atomic mass is 10.2. The minimum absolute atomic E-state index is 0.618. The third kappa shape index (κ3) is 2.18. The van der Waals surface area contributed by atoms with Crippen LogP contribution in [0.5, 0.6) is 11.5 Å². The van der Waals surface area contributed by atoms with E-state index in [0.717, 1.165) is 0 Å². The second-order valence-electron chi connectivity index (χ2n) is 2.36. The average Bonchev–Trinajstić information content (AvgIpc) is 2.04. The van der Waals surface area contributed by atoms with Gasteiger partial charge in [0.05, 0.1) is 0 Å². The summed E-state index contributed by atoms with van der Waals surface area (Å²) in [6.07, 6.45) is -4.93. The topological polar surface area (TPSA) is 55.5 Å². The fourth-order valence-electron chi connectivity index (χ4n) is 0.777. The number of ether oxygens (including phenoxy) is 1. The first-order valence-corrected chi connectivity index (χ1v) is 3.34. The van der Waals surface area contributed by atoms with Crippen LogP contribution in [0.15, 0.2) is 12.1 Å². The standard InChI is InChI=1S/C7H5F4NO2/c8-3-1-2-4(5(12)6(3)13)14-7(9,10)11/h1-2,13H,12H2. The van der Waals surface area contributed by atoms with E-state index in [4.69, 9.17) is 10.8 Å². The predicted molar refractivity (Wildman–Crippen MR) is 39.2 cm³/mol. The summed E-state index contributed by atoms with van der Waals surface area (Å²) >= 11 is 0. The van der Waals surface area contributed by atoms with Crippen LogP contribution in [0.4, 0.5) is 23.2 Å². The van der Waals surface area contributed by atoms with Gasteiger partial charge in [0.15, 0.2) is 17.3 Å². The second-order valence-corrected chi connectivity index (χ2v) is 2.36. The van der Waals surface area contributed by atoms with E-state index in [0.29, 0.717) is 12.1 Å². The Kier molecular flexibility index (Phi) is 2.41. The molecule has 0 aliphatic heterocycles. The molecular formula is C7H5F4NO2. The van der Waals surface area contributed by atoms with Crippen molar-refractivity contribution in [1.82, 2.24) is 0 Å². The van der Waals surface area contributed by atoms with Crippen LogP contribution >= 0.6 is 0 Å². The molecule has 0 aliphatic carbocycles. The van der Waals surface area contributed by atoms with Crippen LogP contribution in [-0.4, -0.2) is 11.5 Å². The normalized spacial score (nSPS) is 11.4. The van der Waals surface area contributed by atoms with Crippen molar-refractivity contribution >= 4 is 5.69 Å². The second kappa shape index (κ2) is 3.24. The van der Waals surface area contributed by atoms with E-state index in [1.54, 1.807) is 0 Å². The van der Waals surface area contributed by atoms with Crippen LogP contribution < -0.4 is 10.5 Å². The SMILES string of the molecule is Nc1c(OC(F)(F)F)ccc(F)c1O. The van der Waals surface area contributed by atoms with Crippen LogP contribution in [0.3, 0.4) is 0 Å². The van der Waals surface area contributed by atoms with Gasteiger partial charge in [-0.15, -0.1) is 13.2 Å². The van der Waals surface area contributed by atoms with Gasteiger partial charge in [-0.3, -0.25) is 0 Å². The number of nitrogen functional groups attached to an aromatic ring is 1. The highest BCUT2D eigenvalue weighted by molar-refractivity contribution is 5.62. The summed E-state index contributed by atoms with van der Waals surface area (Å²) < 4.78 is 51.0. The third-order valence-electron chi connectivity index (χ3n) is 1.35. The molecule has 0 atom stereocenters. The molecule has 0 bridgehead atoms. The number of benzene rings is 1. The van der Waals surface area contributed by atoms with Crippen molar-refractivity contribution in [2.45, 2.75) is 6.36 Å². The van der Waals surface area contributed by atoms with Gasteiger partial charge in [-0.05, 0) is 12.1 Å². The van der Waals surface area contributed by atoms with E-state index in [9.17, 15) is 17.6 Å². The highest BCUT2D eigenvalue weighted by atomic mass is 19.4. The highest BCUT2D eigenvalue weighted by Crippen LogP contribution is 2.35. The van der Waals surface area contributed by atoms with Gasteiger partial charge in [0.25, 0.3) is 0 Å². The number of alkyl halides is 3. The van der Waals surface area contributed by atoms with E-state index < -0.39 is 29.4 Å². The van der Waals surface area contributed by atoms with Gasteiger partial charge >= 0.3 is 6.36 Å². The molecule has 1 aromatic carbocycles. The fourth-order valence-corrected chi connectivity index (χ4v) is 0.777. The summed E-state index contributed by atoms with van der Waals surface area (Å²) in [4.78, 5) is 0. The Bertz CT molecular complexity index is 350. The van der Waals surface area contributed by atoms with Crippen molar-refractivity contribution in [1.29, 1.82) is 0 Å². The lowest BCUT2D eigenvalue weighted by Crippen LogP contribution is -2.18. The monoisotopic (exact) mass is 211 g/mol. The minimum atomic E-state index is -4.93. The van der Waals surface area contributed by atoms with Gasteiger partial charge < -0.3 is 15.6 Å². The minimum Gasteiger partial charge on any atom is -0.503 e. The fraction of sp³-hybridized carbons (Fsp3) is 0.143. The molecular weight excluding hydrogens is 206 g/mol. The Morgan fingerprint density at radius 2 is 1.86 bits per heavy atom. The molecule has 0 aliphatic rings. The molecule has 0 fully saturated rings. The summed E-state index contributed by atoms with van der Waals surface area (Å²) in [5.74, 6) is -3.01. The van der Waals surface area contributed by atoms with E-state index in [-0.39, 0.29) is 0 Å². The van der Waals surface area contributed by atoms with Crippen LogP contribution in [0.25, 0.3) is 0 Å². The van der Waals surface area contributed by atoms with E-state index >= 15 is 0 Å². The zero-order valence-corrected chi connectivity index (χ0v) is 6.60. The largest absolute Gasteiger partial charge is 0.573 e. The van der Waals surface area contributed by atoms with Gasteiger partial charge in [0.2, 0.25) is 0 Å². The quantitative estimate of drug-likeness (QED) is 0.424. The van der Waals surface area contributed by atoms with Gasteiger partial charge in [0, 0.05) is 0 Å². The number of halogens is 4. The van der Waals surface area contributed by atoms with E-state index in [1.807, 2.05) is 0 Å². The van der Waals surface area contributed by atoms with Crippen molar-refractivity contribution in [3.8, 4) is 11.5 Å². The molecule has 14 heavy (non-hydrogen) atoms. The molecule has 7 heteroatoms. The Hall–Kier alpha value is -1.66. The van der Waals surface area contributed by atoms with E-state index in [2.05, 4.69) is 4.74 Å². The van der Waals surface area contributed by atoms with Crippen molar-refractivity contribution in [2.24, 2.45) is 0 Å². The van der Waals surface area contributed by atoms with Gasteiger partial charge in [-0.25, -0.2) is 4.39 Å². The van der Waals surface area contributed by atoms with Gasteiger partial charge in [-0.1, -0.05) is 0 Å². The zero-order valence-electron chi connectivity index (χ0n) is 6.60. The summed E-state index contributed by atoms with van der Waals surface area (Å²) in [7, 11) is 0. The molecule has 0 amide bonds. The first kappa shape index (κ1) is 10.4. The summed E-state index contributed by atoms with van der Waals surface area (Å²) in [6.45, 7) is 0. The Balaban J connectivity index is 3.06. The molecule has 0 saturated carbocycles. The molecule has 0 radical (unpaired) electrons. The van der Waals surface area contributed by atoms with Crippen molar-refractivity contribution in [3.63, 3.8) is 0 Å². The molecule has 1 aromatic rings. The smallest absolute Gasteiger partial charge is 0.503 e. The zero-order chi connectivity index (χ0) is 10.9. The molecule has 1 rings (SSSR count). The van der Waals surface area contributed by atoms with E-state index in [1.165, 1.54) is 0 Å². The molecule has 78 valence electrons. The first-order valence-electron chi connectivity index (χ1n) is 3.34. The molecule has 0 unspecified atom stereocenters. The average molecular weight is 211 g/mol. The van der Waals surface area contributed by atoms with Crippen LogP contribution in [-0.2, 0) is 0 Å². The number of phenols is 1. The number of phenolic OH excluding ortho intramolecular Hbond substituents is 1. The van der Waals surface area contributed by atoms with Crippen molar-refractivity contribution in [2.75, 3.05) is 5.73 Å². The van der Waals surface area contributed by atoms with Crippen molar-refractivity contribution in [3.05, 3.63) is 17.9 Å². The molecule has 0 heterocycles. The van der Waals surface area contributed by atoms with Crippen LogP contribution in [0.1, 0.15) is 0 Å². The number of hydrogen-bond acceptors (Lipinski definition) is 3. The Labute approximate surface area is 75.7 Å². The van der Waals surface area contributed by atoms with Gasteiger partial charge in [0.1, 0.15) is 5.69 Å². The maximum atomic E-state index is 12.5. The molecule has 0 saturated heterocycles. The predicted octanol–water partition coefficient (Wildman–Crippen LogP) is 2.01. The lowest BCUT2D eigenvalue weighted by molar-refractivity contribution is -0.274. The number of nitrogens with two attached hydrogens (primary N) is 1. The third-order valence-corrected chi connectivity index (χ3v) is 1.35. The maximum absolute atomic E-state index is 12.5. The number of aromatic hydroxyl groups is 1. The first-order chi connectivity index (χ1) is 6.31. The Morgan fingerprint density at radius 3 is 2.36 bits per heavy atom. The highest BCUT2D eigenvalue weighted by Gasteiger charge is 2.32. The molecule has 0 aromatic heterocycles. The molecule has 3 nitrogen and oxygen atoms in total. The molecule has 3 N–H and O–H groups in total.